The summed E-state index contributed by atoms with van der Waals surface area (Å²) in [5.41, 5.74) is 0. The van der Waals surface area contributed by atoms with Crippen LogP contribution in [0.15, 0.2) is 0 Å². The Labute approximate surface area is 112 Å². The molecule has 0 radical (unpaired) electrons. The van der Waals surface area contributed by atoms with Crippen LogP contribution in [0.25, 0.3) is 0 Å². The minimum absolute atomic E-state index is 0.252. The smallest absolute Gasteiger partial charge is 0.153 e. The highest BCUT2D eigenvalue weighted by Gasteiger charge is 2.24. The molecule has 1 rings (SSSR count). The maximum atomic E-state index is 11.9. The lowest BCUT2D eigenvalue weighted by atomic mass is 9.99. The van der Waals surface area contributed by atoms with Crippen LogP contribution in [0.4, 0.5) is 0 Å². The molecule has 0 aromatic carbocycles. The number of hydrogen-bond donors (Lipinski definition) is 1. The largest absolute Gasteiger partial charge is 0.320 e. The van der Waals surface area contributed by atoms with Gasteiger partial charge in [0.25, 0.3) is 0 Å². The van der Waals surface area contributed by atoms with Gasteiger partial charge in [-0.25, -0.2) is 8.42 Å². The van der Waals surface area contributed by atoms with Crippen molar-refractivity contribution in [3.63, 3.8) is 0 Å². The summed E-state index contributed by atoms with van der Waals surface area (Å²) >= 11 is 0. The molecular weight excluding hydrogens is 248 g/mol. The average Bonchev–Trinajstić information content (AvgIpc) is 2.34. The first kappa shape index (κ1) is 15.9. The van der Waals surface area contributed by atoms with Crippen LogP contribution in [0.1, 0.15) is 39.5 Å². The number of nitrogens with one attached hydrogen (secondary N) is 1. The summed E-state index contributed by atoms with van der Waals surface area (Å²) in [4.78, 5) is 2.38. The maximum absolute atomic E-state index is 11.9. The number of sulfone groups is 1. The molecule has 1 unspecified atom stereocenters. The molecule has 1 heterocycles. The first-order chi connectivity index (χ1) is 8.47. The Hall–Kier alpha value is -0.130. The zero-order valence-corrected chi connectivity index (χ0v) is 12.8. The van der Waals surface area contributed by atoms with Gasteiger partial charge in [-0.1, -0.05) is 6.42 Å². The van der Waals surface area contributed by atoms with Crippen LogP contribution in [-0.2, 0) is 9.84 Å². The molecule has 5 heteroatoms. The summed E-state index contributed by atoms with van der Waals surface area (Å²) in [6.45, 7) is 6.31. The quantitative estimate of drug-likeness (QED) is 0.761. The highest BCUT2D eigenvalue weighted by molar-refractivity contribution is 7.92. The molecule has 4 nitrogen and oxygen atoms in total. The molecule has 108 valence electrons. The number of likely N-dealkylation sites (tertiary alicyclic amines) is 1. The standard InChI is InChI=1S/C13H28N2O2S/c1-12(2)18(16,17)11-10-15-9-5-4-6-13(15)7-8-14-3/h12-14H,4-11H2,1-3H3. The van der Waals surface area contributed by atoms with Gasteiger partial charge in [-0.05, 0) is 53.2 Å². The molecule has 0 saturated carbocycles. The minimum atomic E-state index is -2.90. The van der Waals surface area contributed by atoms with Crippen molar-refractivity contribution in [2.24, 2.45) is 0 Å². The van der Waals surface area contributed by atoms with Gasteiger partial charge in [0, 0.05) is 12.6 Å². The third-order valence-corrected chi connectivity index (χ3v) is 6.05. The number of nitrogens with zero attached hydrogens (tertiary/aromatic N) is 1. The topological polar surface area (TPSA) is 49.4 Å². The first-order valence-electron chi connectivity index (χ1n) is 7.07. The van der Waals surface area contributed by atoms with E-state index in [9.17, 15) is 8.42 Å². The van der Waals surface area contributed by atoms with E-state index in [1.165, 1.54) is 19.3 Å². The predicted octanol–water partition coefficient (Wildman–Crippen LogP) is 1.27. The molecule has 0 bridgehead atoms. The number of hydrogen-bond acceptors (Lipinski definition) is 4. The Bertz CT molecular complexity index is 328. The second kappa shape index (κ2) is 7.46. The van der Waals surface area contributed by atoms with Crippen molar-refractivity contribution in [3.05, 3.63) is 0 Å². The lowest BCUT2D eigenvalue weighted by Gasteiger charge is -2.35. The molecule has 0 aliphatic carbocycles. The van der Waals surface area contributed by atoms with Gasteiger partial charge >= 0.3 is 0 Å². The van der Waals surface area contributed by atoms with E-state index >= 15 is 0 Å². The van der Waals surface area contributed by atoms with E-state index in [0.29, 0.717) is 18.3 Å². The number of piperidine rings is 1. The lowest BCUT2D eigenvalue weighted by Crippen LogP contribution is -2.43. The van der Waals surface area contributed by atoms with Crippen LogP contribution >= 0.6 is 0 Å². The van der Waals surface area contributed by atoms with Crippen molar-refractivity contribution < 1.29 is 8.42 Å². The van der Waals surface area contributed by atoms with Gasteiger partial charge in [-0.3, -0.25) is 4.90 Å². The number of rotatable bonds is 7. The summed E-state index contributed by atoms with van der Waals surface area (Å²) < 4.78 is 23.7. The van der Waals surface area contributed by atoms with Gasteiger partial charge in [0.05, 0.1) is 11.0 Å². The van der Waals surface area contributed by atoms with Crippen LogP contribution in [0, 0.1) is 0 Å². The van der Waals surface area contributed by atoms with E-state index in [-0.39, 0.29) is 5.25 Å². The molecule has 1 aliphatic heterocycles. The van der Waals surface area contributed by atoms with Crippen molar-refractivity contribution in [1.82, 2.24) is 10.2 Å². The molecule has 0 spiro atoms. The molecule has 0 aromatic heterocycles. The van der Waals surface area contributed by atoms with E-state index in [2.05, 4.69) is 10.2 Å². The van der Waals surface area contributed by atoms with E-state index in [1.807, 2.05) is 7.05 Å². The van der Waals surface area contributed by atoms with Gasteiger partial charge in [-0.15, -0.1) is 0 Å². The Morgan fingerprint density at radius 3 is 2.67 bits per heavy atom. The Morgan fingerprint density at radius 1 is 1.33 bits per heavy atom. The lowest BCUT2D eigenvalue weighted by molar-refractivity contribution is 0.149. The van der Waals surface area contributed by atoms with Crippen LogP contribution in [0.2, 0.25) is 0 Å². The Morgan fingerprint density at radius 2 is 2.06 bits per heavy atom. The van der Waals surface area contributed by atoms with Crippen LogP contribution < -0.4 is 5.32 Å². The second-order valence-electron chi connectivity index (χ2n) is 5.49. The van der Waals surface area contributed by atoms with E-state index in [4.69, 9.17) is 0 Å². The summed E-state index contributed by atoms with van der Waals surface area (Å²) in [5.74, 6) is 0.306. The van der Waals surface area contributed by atoms with Gasteiger partial charge in [0.15, 0.2) is 9.84 Å². The fourth-order valence-corrected chi connectivity index (χ4v) is 3.43. The minimum Gasteiger partial charge on any atom is -0.320 e. The first-order valence-corrected chi connectivity index (χ1v) is 8.79. The zero-order chi connectivity index (χ0) is 13.6. The normalized spacial score (nSPS) is 22.6. The van der Waals surface area contributed by atoms with E-state index < -0.39 is 9.84 Å². The summed E-state index contributed by atoms with van der Waals surface area (Å²) in [6.07, 6.45) is 4.82. The molecule has 18 heavy (non-hydrogen) atoms. The SMILES string of the molecule is CNCCC1CCCCN1CCS(=O)(=O)C(C)C. The summed E-state index contributed by atoms with van der Waals surface area (Å²) in [5, 5.41) is 2.93. The Balaban J connectivity index is 2.47. The molecule has 1 aliphatic rings. The second-order valence-corrected chi connectivity index (χ2v) is 8.17. The Kier molecular flexibility index (Phi) is 6.60. The highest BCUT2D eigenvalue weighted by Crippen LogP contribution is 2.19. The van der Waals surface area contributed by atoms with Crippen LogP contribution in [0.5, 0.6) is 0 Å². The molecule has 0 amide bonds. The molecular formula is C13H28N2O2S. The van der Waals surface area contributed by atoms with E-state index in [0.717, 1.165) is 19.5 Å². The third-order valence-electron chi connectivity index (χ3n) is 3.86. The van der Waals surface area contributed by atoms with E-state index in [1.54, 1.807) is 13.8 Å². The van der Waals surface area contributed by atoms with Gasteiger partial charge in [0.2, 0.25) is 0 Å². The van der Waals surface area contributed by atoms with Crippen LogP contribution in [0.3, 0.4) is 0 Å². The average molecular weight is 276 g/mol. The molecule has 1 fully saturated rings. The molecule has 1 N–H and O–H groups in total. The fourth-order valence-electron chi connectivity index (χ4n) is 2.47. The fraction of sp³-hybridized carbons (Fsp3) is 1.00. The van der Waals surface area contributed by atoms with Crippen molar-refractivity contribution >= 4 is 9.84 Å². The monoisotopic (exact) mass is 276 g/mol. The predicted molar refractivity (Wildman–Crippen MR) is 76.7 cm³/mol. The van der Waals surface area contributed by atoms with Gasteiger partial charge < -0.3 is 5.32 Å². The van der Waals surface area contributed by atoms with Gasteiger partial charge in [-0.2, -0.15) is 0 Å². The third kappa shape index (κ3) is 4.86. The van der Waals surface area contributed by atoms with Crippen molar-refractivity contribution in [2.75, 3.05) is 32.4 Å². The van der Waals surface area contributed by atoms with Crippen molar-refractivity contribution in [1.29, 1.82) is 0 Å². The van der Waals surface area contributed by atoms with Gasteiger partial charge in [0.1, 0.15) is 0 Å². The molecule has 1 saturated heterocycles. The maximum Gasteiger partial charge on any atom is 0.153 e. The van der Waals surface area contributed by atoms with Crippen LogP contribution in [-0.4, -0.2) is 57.0 Å². The summed E-state index contributed by atoms with van der Waals surface area (Å²) in [6, 6.07) is 0.563. The highest BCUT2D eigenvalue weighted by atomic mass is 32.2. The zero-order valence-electron chi connectivity index (χ0n) is 12.0. The molecule has 0 aromatic rings. The summed E-state index contributed by atoms with van der Waals surface area (Å²) in [7, 11) is -0.930. The van der Waals surface area contributed by atoms with Crippen molar-refractivity contribution in [2.45, 2.75) is 50.8 Å². The van der Waals surface area contributed by atoms with Crippen molar-refractivity contribution in [3.8, 4) is 0 Å². The molecule has 1 atom stereocenters.